The molecule has 1 saturated heterocycles. The first kappa shape index (κ1) is 21.5. The van der Waals surface area contributed by atoms with Crippen molar-refractivity contribution in [2.24, 2.45) is 5.92 Å². The molecule has 1 aromatic rings. The summed E-state index contributed by atoms with van der Waals surface area (Å²) in [5.41, 5.74) is 1.36. The number of benzene rings is 1. The molecule has 1 aliphatic rings. The van der Waals surface area contributed by atoms with E-state index in [0.717, 1.165) is 35.7 Å². The third kappa shape index (κ3) is 6.25. The number of hydrogen-bond donors (Lipinski definition) is 1. The zero-order valence-electron chi connectivity index (χ0n) is 12.4. The highest BCUT2D eigenvalue weighted by atomic mass is 79.9. The maximum absolute atomic E-state index is 6.06. The molecular weight excluding hydrogens is 394 g/mol. The molecular formula is C15H24BrCl3N2. The number of hydrogen-bond acceptors (Lipinski definition) is 2. The summed E-state index contributed by atoms with van der Waals surface area (Å²) in [7, 11) is 0. The van der Waals surface area contributed by atoms with Crippen LogP contribution >= 0.6 is 52.3 Å². The Hall–Kier alpha value is 0.490. The van der Waals surface area contributed by atoms with E-state index in [1.807, 2.05) is 12.1 Å². The van der Waals surface area contributed by atoms with Crippen LogP contribution in [0.3, 0.4) is 0 Å². The predicted octanol–water partition coefficient (Wildman–Crippen LogP) is 4.94. The minimum absolute atomic E-state index is 0. The summed E-state index contributed by atoms with van der Waals surface area (Å²) in [5, 5.41) is 4.21. The molecule has 0 amide bonds. The molecule has 21 heavy (non-hydrogen) atoms. The lowest BCUT2D eigenvalue weighted by Gasteiger charge is -2.36. The van der Waals surface area contributed by atoms with Crippen LogP contribution < -0.4 is 5.32 Å². The van der Waals surface area contributed by atoms with E-state index >= 15 is 0 Å². The summed E-state index contributed by atoms with van der Waals surface area (Å²) in [4.78, 5) is 2.59. The van der Waals surface area contributed by atoms with Crippen molar-refractivity contribution in [3.05, 3.63) is 33.3 Å². The highest BCUT2D eigenvalue weighted by Gasteiger charge is 2.24. The van der Waals surface area contributed by atoms with E-state index in [0.29, 0.717) is 12.0 Å². The zero-order chi connectivity index (χ0) is 13.8. The maximum Gasteiger partial charge on any atom is 0.0417 e. The van der Waals surface area contributed by atoms with Gasteiger partial charge in [-0.3, -0.25) is 4.90 Å². The monoisotopic (exact) mass is 416 g/mol. The SMILES string of the molecule is CC(C)C[C@H](c1ccc(Cl)cc1Br)N1CCNCC1.Cl.Cl. The Bertz CT molecular complexity index is 423. The molecule has 122 valence electrons. The molecule has 0 aromatic heterocycles. The van der Waals surface area contributed by atoms with Crippen molar-refractivity contribution in [2.75, 3.05) is 26.2 Å². The van der Waals surface area contributed by atoms with Gasteiger partial charge in [-0.15, -0.1) is 24.8 Å². The molecule has 0 unspecified atom stereocenters. The Morgan fingerprint density at radius 3 is 2.38 bits per heavy atom. The van der Waals surface area contributed by atoms with Crippen LogP contribution in [0.2, 0.25) is 5.02 Å². The Labute approximate surface area is 153 Å². The van der Waals surface area contributed by atoms with Crippen LogP contribution in [0.1, 0.15) is 31.9 Å². The largest absolute Gasteiger partial charge is 0.314 e. The molecule has 1 atom stereocenters. The second-order valence-corrected chi connectivity index (χ2v) is 6.89. The van der Waals surface area contributed by atoms with Crippen molar-refractivity contribution in [1.82, 2.24) is 10.2 Å². The lowest BCUT2D eigenvalue weighted by Crippen LogP contribution is -2.45. The second kappa shape index (κ2) is 10.3. The van der Waals surface area contributed by atoms with Crippen molar-refractivity contribution in [1.29, 1.82) is 0 Å². The van der Waals surface area contributed by atoms with Crippen molar-refractivity contribution in [3.63, 3.8) is 0 Å². The van der Waals surface area contributed by atoms with Gasteiger partial charge in [0, 0.05) is 41.7 Å². The van der Waals surface area contributed by atoms with Crippen molar-refractivity contribution in [2.45, 2.75) is 26.3 Å². The van der Waals surface area contributed by atoms with Crippen molar-refractivity contribution in [3.8, 4) is 0 Å². The molecule has 6 heteroatoms. The van der Waals surface area contributed by atoms with Gasteiger partial charge in [0.2, 0.25) is 0 Å². The number of rotatable bonds is 4. The summed E-state index contributed by atoms with van der Waals surface area (Å²) in [6.07, 6.45) is 1.18. The summed E-state index contributed by atoms with van der Waals surface area (Å²) in [6.45, 7) is 8.98. The topological polar surface area (TPSA) is 15.3 Å². The van der Waals surface area contributed by atoms with Gasteiger partial charge < -0.3 is 5.32 Å². The molecule has 2 rings (SSSR count). The molecule has 0 saturated carbocycles. The lowest BCUT2D eigenvalue weighted by molar-refractivity contribution is 0.153. The van der Waals surface area contributed by atoms with Gasteiger partial charge in [0.1, 0.15) is 0 Å². The molecule has 1 aliphatic heterocycles. The van der Waals surface area contributed by atoms with E-state index in [2.05, 4.69) is 46.1 Å². The van der Waals surface area contributed by atoms with Gasteiger partial charge in [0.05, 0.1) is 0 Å². The van der Waals surface area contributed by atoms with Gasteiger partial charge in [-0.25, -0.2) is 0 Å². The summed E-state index contributed by atoms with van der Waals surface area (Å²) in [5.74, 6) is 0.683. The van der Waals surface area contributed by atoms with Crippen LogP contribution in [-0.2, 0) is 0 Å². The molecule has 2 nitrogen and oxygen atoms in total. The quantitative estimate of drug-likeness (QED) is 0.745. The summed E-state index contributed by atoms with van der Waals surface area (Å²) >= 11 is 9.74. The summed E-state index contributed by atoms with van der Waals surface area (Å²) < 4.78 is 1.13. The second-order valence-electron chi connectivity index (χ2n) is 5.60. The Kier molecular flexibility index (Phi) is 10.5. The van der Waals surface area contributed by atoms with E-state index in [-0.39, 0.29) is 24.8 Å². The Balaban J connectivity index is 0.00000200. The first-order valence-corrected chi connectivity index (χ1v) is 8.14. The fourth-order valence-electron chi connectivity index (χ4n) is 2.68. The van der Waals surface area contributed by atoms with E-state index in [1.165, 1.54) is 12.0 Å². The third-order valence-electron chi connectivity index (χ3n) is 3.61. The van der Waals surface area contributed by atoms with Crippen LogP contribution in [0.15, 0.2) is 22.7 Å². The van der Waals surface area contributed by atoms with Gasteiger partial charge in [-0.1, -0.05) is 47.4 Å². The summed E-state index contributed by atoms with van der Waals surface area (Å²) in [6, 6.07) is 6.65. The number of halogens is 4. The molecule has 0 aliphatic carbocycles. The van der Waals surface area contributed by atoms with Gasteiger partial charge in [0.25, 0.3) is 0 Å². The standard InChI is InChI=1S/C15H22BrClN2.2ClH/c1-11(2)9-15(19-7-5-18-6-8-19)13-4-3-12(17)10-14(13)16;;/h3-4,10-11,15,18H,5-9H2,1-2H3;2*1H/t15-;;/m1../s1. The van der Waals surface area contributed by atoms with Gasteiger partial charge in [0.15, 0.2) is 0 Å². The smallest absolute Gasteiger partial charge is 0.0417 e. The molecule has 1 fully saturated rings. The average molecular weight is 419 g/mol. The van der Waals surface area contributed by atoms with E-state index in [9.17, 15) is 0 Å². The van der Waals surface area contributed by atoms with Gasteiger partial charge in [-0.05, 0) is 30.0 Å². The van der Waals surface area contributed by atoms with Crippen LogP contribution in [0, 0.1) is 5.92 Å². The average Bonchev–Trinajstić information content (AvgIpc) is 2.37. The third-order valence-corrected chi connectivity index (χ3v) is 4.53. The van der Waals surface area contributed by atoms with Crippen molar-refractivity contribution < 1.29 is 0 Å². The lowest BCUT2D eigenvalue weighted by atomic mass is 9.95. The van der Waals surface area contributed by atoms with Crippen molar-refractivity contribution >= 4 is 52.3 Å². The number of nitrogens with one attached hydrogen (secondary N) is 1. The molecule has 0 radical (unpaired) electrons. The van der Waals surface area contributed by atoms with Crippen LogP contribution in [-0.4, -0.2) is 31.1 Å². The Morgan fingerprint density at radius 1 is 1.24 bits per heavy atom. The van der Waals surface area contributed by atoms with E-state index < -0.39 is 0 Å². The predicted molar refractivity (Wildman–Crippen MR) is 100 cm³/mol. The van der Waals surface area contributed by atoms with Gasteiger partial charge in [-0.2, -0.15) is 0 Å². The molecule has 0 bridgehead atoms. The van der Waals surface area contributed by atoms with Gasteiger partial charge >= 0.3 is 0 Å². The van der Waals surface area contributed by atoms with Crippen LogP contribution in [0.25, 0.3) is 0 Å². The highest BCUT2D eigenvalue weighted by Crippen LogP contribution is 2.34. The highest BCUT2D eigenvalue weighted by molar-refractivity contribution is 9.10. The first-order valence-electron chi connectivity index (χ1n) is 6.97. The zero-order valence-corrected chi connectivity index (χ0v) is 16.4. The fourth-order valence-corrected chi connectivity index (χ4v) is 3.63. The number of piperazine rings is 1. The maximum atomic E-state index is 6.06. The fraction of sp³-hybridized carbons (Fsp3) is 0.600. The molecule has 0 spiro atoms. The van der Waals surface area contributed by atoms with E-state index in [4.69, 9.17) is 11.6 Å². The Morgan fingerprint density at radius 2 is 1.86 bits per heavy atom. The molecule has 1 N–H and O–H groups in total. The minimum atomic E-state index is 0. The normalized spacial score (nSPS) is 17.0. The molecule has 1 heterocycles. The molecule has 1 aromatic carbocycles. The van der Waals surface area contributed by atoms with Crippen LogP contribution in [0.4, 0.5) is 0 Å². The minimum Gasteiger partial charge on any atom is -0.314 e. The number of nitrogens with zero attached hydrogens (tertiary/aromatic N) is 1. The van der Waals surface area contributed by atoms with Crippen LogP contribution in [0.5, 0.6) is 0 Å². The van der Waals surface area contributed by atoms with E-state index in [1.54, 1.807) is 0 Å². The first-order chi connectivity index (χ1) is 9.08.